The fourth-order valence-corrected chi connectivity index (χ4v) is 2.24. The number of carbonyl (C=O) groups is 2. The van der Waals surface area contributed by atoms with Crippen LogP contribution in [0.2, 0.25) is 0 Å². The van der Waals surface area contributed by atoms with E-state index in [1.807, 2.05) is 6.92 Å². The van der Waals surface area contributed by atoms with Crippen molar-refractivity contribution in [3.8, 4) is 5.75 Å². The van der Waals surface area contributed by atoms with Crippen molar-refractivity contribution < 1.29 is 28.9 Å². The molecule has 3 atom stereocenters. The summed E-state index contributed by atoms with van der Waals surface area (Å²) in [5.41, 5.74) is 0.663. The largest absolute Gasteiger partial charge is 0.463 e. The van der Waals surface area contributed by atoms with Crippen LogP contribution in [0.5, 0.6) is 5.75 Å². The monoisotopic (exact) mass is 349 g/mol. The zero-order valence-corrected chi connectivity index (χ0v) is 14.3. The highest BCUT2D eigenvalue weighted by Crippen LogP contribution is 2.21. The van der Waals surface area contributed by atoms with Gasteiger partial charge in [-0.25, -0.2) is 0 Å². The molecule has 0 aromatic heterocycles. The number of carbonyl (C=O) groups excluding carboxylic acids is 2. The smallest absolute Gasteiger partial charge is 0.305 e. The van der Waals surface area contributed by atoms with E-state index >= 15 is 0 Å². The van der Waals surface area contributed by atoms with E-state index in [4.69, 9.17) is 14.2 Å². The lowest BCUT2D eigenvalue weighted by molar-refractivity contribution is -0.167. The number of hydrogen-bond donors (Lipinski definition) is 2. The van der Waals surface area contributed by atoms with Crippen LogP contribution in [0, 0.1) is 0 Å². The van der Waals surface area contributed by atoms with Crippen molar-refractivity contribution in [1.82, 2.24) is 0 Å². The first kappa shape index (κ1) is 19.0. The fourth-order valence-electron chi connectivity index (χ4n) is 2.24. The van der Waals surface area contributed by atoms with E-state index in [1.54, 1.807) is 36.4 Å². The number of nitrogens with one attached hydrogen (secondary N) is 1. The molecule has 0 fully saturated rings. The number of amides is 1. The standard InChI is InChI=1S/C18H23NO6/c1-3-4-17(22)23-11-16-15(21)9-10-18(25-16)24-14-7-5-13(6-8-14)19-12(2)20/h5-10,15-16,18,21H,3-4,11H2,1-2H3,(H,19,20)/t15-,16?,18-/m0/s1. The second-order valence-corrected chi connectivity index (χ2v) is 5.67. The molecule has 136 valence electrons. The molecule has 0 aliphatic carbocycles. The van der Waals surface area contributed by atoms with Gasteiger partial charge in [0.05, 0.1) is 0 Å². The molecule has 1 aromatic carbocycles. The zero-order chi connectivity index (χ0) is 18.2. The summed E-state index contributed by atoms with van der Waals surface area (Å²) in [5.74, 6) is 0.0717. The van der Waals surface area contributed by atoms with E-state index in [2.05, 4.69) is 5.32 Å². The second kappa shape index (κ2) is 9.19. The number of benzene rings is 1. The van der Waals surface area contributed by atoms with Gasteiger partial charge in [-0.3, -0.25) is 9.59 Å². The Kier molecular flexibility index (Phi) is 6.97. The molecule has 25 heavy (non-hydrogen) atoms. The van der Waals surface area contributed by atoms with Crippen molar-refractivity contribution in [2.24, 2.45) is 0 Å². The van der Waals surface area contributed by atoms with E-state index in [0.29, 0.717) is 24.3 Å². The van der Waals surface area contributed by atoms with Gasteiger partial charge in [-0.2, -0.15) is 0 Å². The number of rotatable bonds is 7. The highest BCUT2D eigenvalue weighted by molar-refractivity contribution is 5.88. The summed E-state index contributed by atoms with van der Waals surface area (Å²) < 4.78 is 16.4. The molecule has 7 nitrogen and oxygen atoms in total. The van der Waals surface area contributed by atoms with Gasteiger partial charge >= 0.3 is 5.97 Å². The van der Waals surface area contributed by atoms with Crippen LogP contribution in [0.3, 0.4) is 0 Å². The zero-order valence-electron chi connectivity index (χ0n) is 14.3. The molecule has 1 heterocycles. The normalized spacial score (nSPS) is 22.3. The third-order valence-electron chi connectivity index (χ3n) is 3.44. The minimum Gasteiger partial charge on any atom is -0.463 e. The van der Waals surface area contributed by atoms with E-state index in [0.717, 1.165) is 0 Å². The number of aliphatic hydroxyl groups excluding tert-OH is 1. The molecule has 1 aliphatic rings. The first-order valence-corrected chi connectivity index (χ1v) is 8.19. The topological polar surface area (TPSA) is 94.1 Å². The average Bonchev–Trinajstić information content (AvgIpc) is 2.57. The molecule has 1 aliphatic heterocycles. The molecule has 0 bridgehead atoms. The molecule has 1 unspecified atom stereocenters. The van der Waals surface area contributed by atoms with Gasteiger partial charge in [0.25, 0.3) is 0 Å². The molecule has 0 spiro atoms. The summed E-state index contributed by atoms with van der Waals surface area (Å²) in [7, 11) is 0. The maximum absolute atomic E-state index is 11.4. The molecule has 2 rings (SSSR count). The lowest BCUT2D eigenvalue weighted by Gasteiger charge is -2.29. The fraction of sp³-hybridized carbons (Fsp3) is 0.444. The minimum atomic E-state index is -0.864. The molecule has 0 saturated carbocycles. The maximum Gasteiger partial charge on any atom is 0.305 e. The SMILES string of the molecule is CCCC(=O)OCC1O[C@H](Oc2ccc(NC(C)=O)cc2)C=C[C@@H]1O. The van der Waals surface area contributed by atoms with E-state index in [9.17, 15) is 14.7 Å². The molecule has 2 N–H and O–H groups in total. The predicted molar refractivity (Wildman–Crippen MR) is 91.0 cm³/mol. The summed E-state index contributed by atoms with van der Waals surface area (Å²) in [6.07, 6.45) is 1.93. The molecule has 0 radical (unpaired) electrons. The second-order valence-electron chi connectivity index (χ2n) is 5.67. The Morgan fingerprint density at radius 1 is 1.24 bits per heavy atom. The summed E-state index contributed by atoms with van der Waals surface area (Å²) in [4.78, 5) is 22.4. The summed E-state index contributed by atoms with van der Waals surface area (Å²) >= 11 is 0. The van der Waals surface area contributed by atoms with E-state index in [-0.39, 0.29) is 18.5 Å². The maximum atomic E-state index is 11.4. The average molecular weight is 349 g/mol. The van der Waals surface area contributed by atoms with Crippen molar-refractivity contribution in [2.75, 3.05) is 11.9 Å². The Hall–Kier alpha value is -2.38. The van der Waals surface area contributed by atoms with Crippen LogP contribution in [0.25, 0.3) is 0 Å². The Morgan fingerprint density at radius 2 is 1.96 bits per heavy atom. The van der Waals surface area contributed by atoms with Crippen LogP contribution in [0.4, 0.5) is 5.69 Å². The van der Waals surface area contributed by atoms with E-state index in [1.165, 1.54) is 6.92 Å². The first-order valence-electron chi connectivity index (χ1n) is 8.19. The molecule has 0 saturated heterocycles. The summed E-state index contributed by atoms with van der Waals surface area (Å²) in [5, 5.41) is 12.6. The van der Waals surface area contributed by atoms with Gasteiger partial charge in [-0.05, 0) is 36.8 Å². The van der Waals surface area contributed by atoms with Gasteiger partial charge in [0, 0.05) is 19.0 Å². The van der Waals surface area contributed by atoms with Crippen LogP contribution in [0.15, 0.2) is 36.4 Å². The number of hydrogen-bond acceptors (Lipinski definition) is 6. The third kappa shape index (κ3) is 6.21. The summed E-state index contributed by atoms with van der Waals surface area (Å²) in [6, 6.07) is 6.82. The Balaban J connectivity index is 1.88. The molecule has 1 amide bonds. The highest BCUT2D eigenvalue weighted by Gasteiger charge is 2.28. The number of ether oxygens (including phenoxy) is 3. The number of esters is 1. The molecule has 7 heteroatoms. The number of aliphatic hydroxyl groups is 1. The lowest BCUT2D eigenvalue weighted by Crippen LogP contribution is -2.41. The Bertz CT molecular complexity index is 612. The van der Waals surface area contributed by atoms with Crippen molar-refractivity contribution >= 4 is 17.6 Å². The minimum absolute atomic E-state index is 0.0360. The lowest BCUT2D eigenvalue weighted by atomic mass is 10.1. The van der Waals surface area contributed by atoms with E-state index < -0.39 is 18.5 Å². The Labute approximate surface area is 146 Å². The van der Waals surface area contributed by atoms with Crippen LogP contribution < -0.4 is 10.1 Å². The Morgan fingerprint density at radius 3 is 2.60 bits per heavy atom. The first-order chi connectivity index (χ1) is 12.0. The predicted octanol–water partition coefficient (Wildman–Crippen LogP) is 2.01. The quantitative estimate of drug-likeness (QED) is 0.578. The molecular formula is C18H23NO6. The van der Waals surface area contributed by atoms with Gasteiger partial charge in [0.2, 0.25) is 12.2 Å². The molecular weight excluding hydrogens is 326 g/mol. The van der Waals surface area contributed by atoms with Gasteiger partial charge < -0.3 is 24.6 Å². The van der Waals surface area contributed by atoms with Gasteiger partial charge in [0.15, 0.2) is 0 Å². The van der Waals surface area contributed by atoms with Crippen LogP contribution in [0.1, 0.15) is 26.7 Å². The van der Waals surface area contributed by atoms with Gasteiger partial charge in [-0.15, -0.1) is 0 Å². The van der Waals surface area contributed by atoms with Crippen molar-refractivity contribution in [3.05, 3.63) is 36.4 Å². The van der Waals surface area contributed by atoms with Crippen LogP contribution in [-0.4, -0.2) is 42.1 Å². The highest BCUT2D eigenvalue weighted by atomic mass is 16.7. The molecule has 1 aromatic rings. The van der Waals surface area contributed by atoms with Gasteiger partial charge in [-0.1, -0.05) is 13.0 Å². The van der Waals surface area contributed by atoms with Crippen LogP contribution in [-0.2, 0) is 19.1 Å². The number of anilines is 1. The van der Waals surface area contributed by atoms with Gasteiger partial charge in [0.1, 0.15) is 24.6 Å². The van der Waals surface area contributed by atoms with Crippen molar-refractivity contribution in [3.63, 3.8) is 0 Å². The van der Waals surface area contributed by atoms with Crippen molar-refractivity contribution in [1.29, 1.82) is 0 Å². The third-order valence-corrected chi connectivity index (χ3v) is 3.44. The summed E-state index contributed by atoms with van der Waals surface area (Å²) in [6.45, 7) is 3.28. The van der Waals surface area contributed by atoms with Crippen LogP contribution >= 0.6 is 0 Å². The van der Waals surface area contributed by atoms with Crippen molar-refractivity contribution in [2.45, 2.75) is 45.2 Å².